The smallest absolute Gasteiger partial charge is 0.244 e. The van der Waals surface area contributed by atoms with Gasteiger partial charge >= 0.3 is 0 Å². The third kappa shape index (κ3) is 14.3. The molecule has 108 valence electrons. The van der Waals surface area contributed by atoms with Gasteiger partial charge in [0.1, 0.15) is 0 Å². The first kappa shape index (κ1) is 19.7. The Hall–Kier alpha value is -1.61. The van der Waals surface area contributed by atoms with Crippen molar-refractivity contribution in [3.8, 4) is 0 Å². The van der Waals surface area contributed by atoms with Gasteiger partial charge in [-0.05, 0) is 40.7 Å². The highest BCUT2D eigenvalue weighted by Gasteiger charge is 1.96. The first-order chi connectivity index (χ1) is 8.86. The highest BCUT2D eigenvalue weighted by molar-refractivity contribution is 5.91. The van der Waals surface area contributed by atoms with Crippen molar-refractivity contribution in [3.05, 3.63) is 47.0 Å². The van der Waals surface area contributed by atoms with Gasteiger partial charge in [-0.3, -0.25) is 4.79 Å². The standard InChI is InChI=1S/C7H8.C6H11NO.C3H9N/c1-7-5-3-2-4-6-7;1-4(2)5(3)6(7)8;1-2-3-4/h2-6H,1H3;1-3H3,(H2,7,8);2-4H2,1H3. The van der Waals surface area contributed by atoms with Crippen LogP contribution in [0.1, 0.15) is 39.7 Å². The van der Waals surface area contributed by atoms with Crippen molar-refractivity contribution in [2.24, 2.45) is 11.5 Å². The molecule has 0 fully saturated rings. The Morgan fingerprint density at radius 1 is 1.11 bits per heavy atom. The summed E-state index contributed by atoms with van der Waals surface area (Å²) in [5.74, 6) is -0.329. The van der Waals surface area contributed by atoms with Crippen LogP contribution < -0.4 is 11.5 Å². The van der Waals surface area contributed by atoms with Crippen molar-refractivity contribution in [2.45, 2.75) is 41.0 Å². The molecule has 1 amide bonds. The summed E-state index contributed by atoms with van der Waals surface area (Å²) in [6.45, 7) is 10.4. The van der Waals surface area contributed by atoms with Crippen molar-refractivity contribution in [3.63, 3.8) is 0 Å². The summed E-state index contributed by atoms with van der Waals surface area (Å²) in [7, 11) is 0. The number of amides is 1. The van der Waals surface area contributed by atoms with Crippen molar-refractivity contribution in [2.75, 3.05) is 6.54 Å². The van der Waals surface area contributed by atoms with Gasteiger partial charge in [0.15, 0.2) is 0 Å². The number of hydrogen-bond donors (Lipinski definition) is 2. The number of carbonyl (C=O) groups is 1. The Labute approximate surface area is 117 Å². The van der Waals surface area contributed by atoms with E-state index in [1.807, 2.05) is 32.0 Å². The van der Waals surface area contributed by atoms with Crippen LogP contribution in [0.2, 0.25) is 0 Å². The summed E-state index contributed by atoms with van der Waals surface area (Å²) in [5.41, 5.74) is 12.9. The zero-order valence-electron chi connectivity index (χ0n) is 12.9. The number of hydrogen-bond acceptors (Lipinski definition) is 2. The molecule has 3 nitrogen and oxygen atoms in total. The van der Waals surface area contributed by atoms with E-state index in [1.54, 1.807) is 6.92 Å². The molecule has 0 bridgehead atoms. The summed E-state index contributed by atoms with van der Waals surface area (Å²) in [4.78, 5) is 10.3. The molecule has 1 aromatic carbocycles. The van der Waals surface area contributed by atoms with Crippen molar-refractivity contribution in [1.82, 2.24) is 0 Å². The van der Waals surface area contributed by atoms with Crippen molar-refractivity contribution >= 4 is 5.91 Å². The minimum atomic E-state index is -0.329. The predicted octanol–water partition coefficient (Wildman–Crippen LogP) is 3.18. The number of rotatable bonds is 2. The summed E-state index contributed by atoms with van der Waals surface area (Å²) >= 11 is 0. The van der Waals surface area contributed by atoms with Crippen LogP contribution in [0.4, 0.5) is 0 Å². The predicted molar refractivity (Wildman–Crippen MR) is 83.8 cm³/mol. The molecular formula is C16H28N2O. The number of primary amides is 1. The molecule has 0 aliphatic carbocycles. The molecule has 0 saturated carbocycles. The Morgan fingerprint density at radius 2 is 1.53 bits per heavy atom. The molecule has 19 heavy (non-hydrogen) atoms. The Bertz CT molecular complexity index is 364. The molecule has 1 aromatic rings. The average molecular weight is 264 g/mol. The lowest BCUT2D eigenvalue weighted by Gasteiger charge is -1.93. The molecular weight excluding hydrogens is 236 g/mol. The maximum atomic E-state index is 10.3. The number of carbonyl (C=O) groups excluding carboxylic acids is 1. The minimum absolute atomic E-state index is 0.329. The van der Waals surface area contributed by atoms with Crippen LogP contribution in [0.25, 0.3) is 0 Å². The van der Waals surface area contributed by atoms with E-state index in [1.165, 1.54) is 5.56 Å². The summed E-state index contributed by atoms with van der Waals surface area (Å²) < 4.78 is 0. The molecule has 4 N–H and O–H groups in total. The van der Waals surface area contributed by atoms with Crippen LogP contribution in [0.5, 0.6) is 0 Å². The first-order valence-corrected chi connectivity index (χ1v) is 6.52. The molecule has 3 heteroatoms. The van der Waals surface area contributed by atoms with E-state index < -0.39 is 0 Å². The summed E-state index contributed by atoms with van der Waals surface area (Å²) in [5, 5.41) is 0. The first-order valence-electron chi connectivity index (χ1n) is 6.52. The van der Waals surface area contributed by atoms with Gasteiger partial charge < -0.3 is 11.5 Å². The molecule has 0 aliphatic rings. The van der Waals surface area contributed by atoms with E-state index in [2.05, 4.69) is 26.0 Å². The number of aryl methyl sites for hydroxylation is 1. The zero-order chi connectivity index (χ0) is 15.3. The molecule has 0 spiro atoms. The van der Waals surface area contributed by atoms with Crippen LogP contribution >= 0.6 is 0 Å². The number of benzene rings is 1. The Kier molecular flexibility index (Phi) is 13.3. The molecule has 0 heterocycles. The minimum Gasteiger partial charge on any atom is -0.366 e. The van der Waals surface area contributed by atoms with Crippen LogP contribution in [0, 0.1) is 6.92 Å². The third-order valence-corrected chi connectivity index (χ3v) is 2.35. The van der Waals surface area contributed by atoms with E-state index >= 15 is 0 Å². The average Bonchev–Trinajstić information content (AvgIpc) is 2.39. The highest BCUT2D eigenvalue weighted by atomic mass is 16.1. The van der Waals surface area contributed by atoms with Crippen molar-refractivity contribution < 1.29 is 4.79 Å². The van der Waals surface area contributed by atoms with Gasteiger partial charge in [0.25, 0.3) is 0 Å². The molecule has 0 atom stereocenters. The van der Waals surface area contributed by atoms with Gasteiger partial charge in [-0.25, -0.2) is 0 Å². The SMILES string of the molecule is CC(C)=C(C)C(N)=O.CCCN.Cc1ccccc1. The molecule has 1 rings (SSSR count). The fraction of sp³-hybridized carbons (Fsp3) is 0.438. The van der Waals surface area contributed by atoms with Gasteiger partial charge in [-0.1, -0.05) is 48.4 Å². The quantitative estimate of drug-likeness (QED) is 0.805. The second-order valence-corrected chi connectivity index (χ2v) is 4.43. The fourth-order valence-corrected chi connectivity index (χ4v) is 0.781. The lowest BCUT2D eigenvalue weighted by molar-refractivity contribution is -0.114. The van der Waals surface area contributed by atoms with Gasteiger partial charge in [0, 0.05) is 5.57 Å². The van der Waals surface area contributed by atoms with Gasteiger partial charge in [-0.15, -0.1) is 0 Å². The van der Waals surface area contributed by atoms with E-state index in [0.29, 0.717) is 5.57 Å². The topological polar surface area (TPSA) is 69.1 Å². The molecule has 0 aliphatic heterocycles. The maximum absolute atomic E-state index is 10.3. The second-order valence-electron chi connectivity index (χ2n) is 4.43. The van der Waals surface area contributed by atoms with Gasteiger partial charge in [0.2, 0.25) is 5.91 Å². The van der Waals surface area contributed by atoms with Crippen LogP contribution in [-0.2, 0) is 4.79 Å². The van der Waals surface area contributed by atoms with E-state index in [4.69, 9.17) is 11.5 Å². The number of nitrogens with two attached hydrogens (primary N) is 2. The Balaban J connectivity index is 0. The zero-order valence-corrected chi connectivity index (χ0v) is 12.9. The molecule has 0 radical (unpaired) electrons. The maximum Gasteiger partial charge on any atom is 0.244 e. The largest absolute Gasteiger partial charge is 0.366 e. The number of allylic oxidation sites excluding steroid dienone is 1. The van der Waals surface area contributed by atoms with Crippen LogP contribution in [0.15, 0.2) is 41.5 Å². The second kappa shape index (κ2) is 12.8. The lowest BCUT2D eigenvalue weighted by atomic mass is 10.2. The van der Waals surface area contributed by atoms with Crippen molar-refractivity contribution in [1.29, 1.82) is 0 Å². The van der Waals surface area contributed by atoms with E-state index in [9.17, 15) is 4.79 Å². The van der Waals surface area contributed by atoms with Crippen LogP contribution in [-0.4, -0.2) is 12.5 Å². The van der Waals surface area contributed by atoms with Gasteiger partial charge in [-0.2, -0.15) is 0 Å². The van der Waals surface area contributed by atoms with E-state index in [0.717, 1.165) is 18.5 Å². The monoisotopic (exact) mass is 264 g/mol. The molecule has 0 saturated heterocycles. The third-order valence-electron chi connectivity index (χ3n) is 2.35. The normalized spacial score (nSPS) is 8.32. The summed E-state index contributed by atoms with van der Waals surface area (Å²) in [6, 6.07) is 10.3. The Morgan fingerprint density at radius 3 is 1.63 bits per heavy atom. The molecule has 0 unspecified atom stereocenters. The fourth-order valence-electron chi connectivity index (χ4n) is 0.781. The van der Waals surface area contributed by atoms with Gasteiger partial charge in [0.05, 0.1) is 0 Å². The summed E-state index contributed by atoms with van der Waals surface area (Å²) in [6.07, 6.45) is 1.10. The lowest BCUT2D eigenvalue weighted by Crippen LogP contribution is -2.12. The van der Waals surface area contributed by atoms with Crippen LogP contribution in [0.3, 0.4) is 0 Å². The highest BCUT2D eigenvalue weighted by Crippen LogP contribution is 1.98. The molecule has 0 aromatic heterocycles. The van der Waals surface area contributed by atoms with E-state index in [-0.39, 0.29) is 5.91 Å².